The first-order chi connectivity index (χ1) is 16.0. The largest absolute Gasteiger partial charge is 0.466 e. The average molecular weight is 462 g/mol. The minimum Gasteiger partial charge on any atom is -0.466 e. The Morgan fingerprint density at radius 1 is 1.15 bits per heavy atom. The number of carbonyl (C=O) groups is 2. The first-order valence-electron chi connectivity index (χ1n) is 11.8. The summed E-state index contributed by atoms with van der Waals surface area (Å²) in [6, 6.07) is 2.11. The standard InChI is InChI=1S/C23H31N3O7/c1-2-31-23(28)15-8-10-25(11-9-15)21(22(27)24-16-6-4-3-5-7-16)17-12-19-20(33-14-32-19)13-18(17)26(29)30/h12-13,15-16,21H,2-11,14H2,1H3,(H,24,27)/t21-/m1/s1. The van der Waals surface area contributed by atoms with Gasteiger partial charge < -0.3 is 19.5 Å². The van der Waals surface area contributed by atoms with Crippen LogP contribution in [0.3, 0.4) is 0 Å². The molecule has 1 aliphatic carbocycles. The molecule has 0 aromatic heterocycles. The molecule has 2 fully saturated rings. The molecule has 0 radical (unpaired) electrons. The van der Waals surface area contributed by atoms with Crippen molar-refractivity contribution in [2.45, 2.75) is 64.0 Å². The number of carbonyl (C=O) groups excluding carboxylic acids is 2. The molecular weight excluding hydrogens is 430 g/mol. The number of hydrogen-bond acceptors (Lipinski definition) is 8. The van der Waals surface area contributed by atoms with Crippen molar-refractivity contribution in [3.63, 3.8) is 0 Å². The fourth-order valence-corrected chi connectivity index (χ4v) is 5.01. The van der Waals surface area contributed by atoms with Crippen molar-refractivity contribution in [1.82, 2.24) is 10.2 Å². The van der Waals surface area contributed by atoms with Crippen molar-refractivity contribution >= 4 is 17.6 Å². The average Bonchev–Trinajstić information content (AvgIpc) is 3.27. The van der Waals surface area contributed by atoms with Gasteiger partial charge >= 0.3 is 5.97 Å². The van der Waals surface area contributed by atoms with E-state index in [9.17, 15) is 19.7 Å². The Morgan fingerprint density at radius 2 is 1.82 bits per heavy atom. The van der Waals surface area contributed by atoms with Gasteiger partial charge in [0.05, 0.1) is 29.1 Å². The lowest BCUT2D eigenvalue weighted by Crippen LogP contribution is -2.48. The quantitative estimate of drug-likeness (QED) is 0.374. The van der Waals surface area contributed by atoms with Gasteiger partial charge in [0.25, 0.3) is 5.69 Å². The maximum Gasteiger partial charge on any atom is 0.309 e. The third-order valence-electron chi connectivity index (χ3n) is 6.73. The van der Waals surface area contributed by atoms with E-state index < -0.39 is 11.0 Å². The third-order valence-corrected chi connectivity index (χ3v) is 6.73. The van der Waals surface area contributed by atoms with Gasteiger partial charge in [0.1, 0.15) is 6.04 Å². The molecule has 10 nitrogen and oxygen atoms in total. The van der Waals surface area contributed by atoms with E-state index in [2.05, 4.69) is 5.32 Å². The summed E-state index contributed by atoms with van der Waals surface area (Å²) in [6.45, 7) is 3.00. The van der Waals surface area contributed by atoms with E-state index in [1.807, 2.05) is 4.90 Å². The zero-order valence-electron chi connectivity index (χ0n) is 18.9. The van der Waals surface area contributed by atoms with Gasteiger partial charge in [-0.2, -0.15) is 0 Å². The van der Waals surface area contributed by atoms with Crippen molar-refractivity contribution in [3.8, 4) is 11.5 Å². The summed E-state index contributed by atoms with van der Waals surface area (Å²) < 4.78 is 15.9. The lowest BCUT2D eigenvalue weighted by Gasteiger charge is -2.37. The van der Waals surface area contributed by atoms with E-state index in [4.69, 9.17) is 14.2 Å². The van der Waals surface area contributed by atoms with E-state index in [0.717, 1.165) is 32.1 Å². The zero-order valence-corrected chi connectivity index (χ0v) is 18.9. The maximum atomic E-state index is 13.6. The van der Waals surface area contributed by atoms with Crippen LogP contribution >= 0.6 is 0 Å². The topological polar surface area (TPSA) is 120 Å². The van der Waals surface area contributed by atoms with Crippen LogP contribution in [0.5, 0.6) is 11.5 Å². The van der Waals surface area contributed by atoms with Crippen LogP contribution in [0.4, 0.5) is 5.69 Å². The maximum absolute atomic E-state index is 13.6. The predicted octanol–water partition coefficient (Wildman–Crippen LogP) is 3.09. The van der Waals surface area contributed by atoms with E-state index in [1.54, 1.807) is 13.0 Å². The number of benzene rings is 1. The van der Waals surface area contributed by atoms with Gasteiger partial charge in [-0.25, -0.2) is 0 Å². The Kier molecular flexibility index (Phi) is 7.32. The molecule has 0 bridgehead atoms. The minimum absolute atomic E-state index is 0.0141. The number of nitrogens with one attached hydrogen (secondary N) is 1. The number of rotatable bonds is 7. The van der Waals surface area contributed by atoms with Gasteiger partial charge in [0, 0.05) is 19.1 Å². The highest BCUT2D eigenvalue weighted by Crippen LogP contribution is 2.42. The first kappa shape index (κ1) is 23.3. The van der Waals surface area contributed by atoms with Crippen molar-refractivity contribution < 1.29 is 28.7 Å². The van der Waals surface area contributed by atoms with Gasteiger partial charge in [-0.1, -0.05) is 19.3 Å². The summed E-state index contributed by atoms with van der Waals surface area (Å²) >= 11 is 0. The summed E-state index contributed by atoms with van der Waals surface area (Å²) in [5, 5.41) is 15.1. The summed E-state index contributed by atoms with van der Waals surface area (Å²) in [6.07, 6.45) is 6.16. The van der Waals surface area contributed by atoms with Crippen LogP contribution in [-0.2, 0) is 14.3 Å². The number of nitro groups is 1. The molecule has 1 aromatic carbocycles. The number of nitro benzene ring substituents is 1. The number of amides is 1. The fraction of sp³-hybridized carbons (Fsp3) is 0.652. The Balaban J connectivity index is 1.62. The molecule has 1 aromatic rings. The molecule has 1 saturated heterocycles. The predicted molar refractivity (Wildman–Crippen MR) is 118 cm³/mol. The molecule has 1 saturated carbocycles. The minimum atomic E-state index is -0.857. The number of ether oxygens (including phenoxy) is 3. The molecule has 2 heterocycles. The normalized spacial score (nSPS) is 20.3. The lowest BCUT2D eigenvalue weighted by atomic mass is 9.92. The van der Waals surface area contributed by atoms with Crippen LogP contribution in [0, 0.1) is 16.0 Å². The second-order valence-corrected chi connectivity index (χ2v) is 8.83. The van der Waals surface area contributed by atoms with E-state index in [1.165, 1.54) is 6.07 Å². The van der Waals surface area contributed by atoms with Crippen molar-refractivity contribution in [3.05, 3.63) is 27.8 Å². The van der Waals surface area contributed by atoms with Crippen LogP contribution in [0.1, 0.15) is 63.5 Å². The highest BCUT2D eigenvalue weighted by Gasteiger charge is 2.39. The highest BCUT2D eigenvalue weighted by atomic mass is 16.7. The summed E-state index contributed by atoms with van der Waals surface area (Å²) in [5.41, 5.74) is 0.114. The van der Waals surface area contributed by atoms with Gasteiger partial charge in [-0.05, 0) is 38.7 Å². The lowest BCUT2D eigenvalue weighted by molar-refractivity contribution is -0.386. The van der Waals surface area contributed by atoms with Crippen LogP contribution in [0.2, 0.25) is 0 Å². The van der Waals surface area contributed by atoms with E-state index >= 15 is 0 Å². The van der Waals surface area contributed by atoms with Crippen molar-refractivity contribution in [2.24, 2.45) is 5.92 Å². The Morgan fingerprint density at radius 3 is 2.45 bits per heavy atom. The van der Waals surface area contributed by atoms with Crippen LogP contribution in [-0.4, -0.2) is 54.2 Å². The first-order valence-corrected chi connectivity index (χ1v) is 11.8. The smallest absolute Gasteiger partial charge is 0.309 e. The monoisotopic (exact) mass is 461 g/mol. The van der Waals surface area contributed by atoms with E-state index in [-0.39, 0.29) is 41.9 Å². The van der Waals surface area contributed by atoms with Gasteiger partial charge in [0.2, 0.25) is 12.7 Å². The number of piperidine rings is 1. The van der Waals surface area contributed by atoms with Crippen LogP contribution in [0.25, 0.3) is 0 Å². The van der Waals surface area contributed by atoms with Crippen LogP contribution < -0.4 is 14.8 Å². The second-order valence-electron chi connectivity index (χ2n) is 8.83. The molecule has 33 heavy (non-hydrogen) atoms. The summed E-state index contributed by atoms with van der Waals surface area (Å²) in [7, 11) is 0. The molecule has 2 aliphatic heterocycles. The Hall–Kier alpha value is -2.88. The van der Waals surface area contributed by atoms with Gasteiger partial charge in [-0.15, -0.1) is 0 Å². The molecule has 0 unspecified atom stereocenters. The molecule has 0 spiro atoms. The van der Waals surface area contributed by atoms with Crippen molar-refractivity contribution in [1.29, 1.82) is 0 Å². The number of likely N-dealkylation sites (tertiary alicyclic amines) is 1. The van der Waals surface area contributed by atoms with Gasteiger partial charge in [-0.3, -0.25) is 24.6 Å². The fourth-order valence-electron chi connectivity index (χ4n) is 5.01. The molecule has 10 heteroatoms. The molecule has 4 rings (SSSR count). The van der Waals surface area contributed by atoms with Gasteiger partial charge in [0.15, 0.2) is 11.5 Å². The Bertz CT molecular complexity index is 892. The van der Waals surface area contributed by atoms with Crippen LogP contribution in [0.15, 0.2) is 12.1 Å². The third kappa shape index (κ3) is 5.21. The molecule has 1 N–H and O–H groups in total. The number of fused-ring (bicyclic) bond motifs is 1. The van der Waals surface area contributed by atoms with Crippen molar-refractivity contribution in [2.75, 3.05) is 26.5 Å². The second kappa shape index (κ2) is 10.4. The number of hydrogen-bond donors (Lipinski definition) is 1. The Labute approximate surface area is 192 Å². The number of esters is 1. The summed E-state index contributed by atoms with van der Waals surface area (Å²) in [4.78, 5) is 39.1. The summed E-state index contributed by atoms with van der Waals surface area (Å²) in [5.74, 6) is -0.00625. The van der Waals surface area contributed by atoms with E-state index in [0.29, 0.717) is 44.0 Å². The molecule has 180 valence electrons. The number of nitrogens with zero attached hydrogens (tertiary/aromatic N) is 2. The highest BCUT2D eigenvalue weighted by molar-refractivity contribution is 5.85. The zero-order chi connectivity index (χ0) is 23.4. The molecular formula is C23H31N3O7. The molecule has 3 aliphatic rings. The molecule has 1 atom stereocenters. The SMILES string of the molecule is CCOC(=O)C1CCN([C@@H](C(=O)NC2CCCCC2)c2cc3c(cc2[N+](=O)[O-])OCO3)CC1. The molecule has 1 amide bonds.